The van der Waals surface area contributed by atoms with Gasteiger partial charge in [0.25, 0.3) is 0 Å². The molecular weight excluding hydrogens is 300 g/mol. The molecule has 0 spiro atoms. The van der Waals surface area contributed by atoms with Crippen molar-refractivity contribution >= 4 is 40.4 Å². The average Bonchev–Trinajstić information content (AvgIpc) is 2.54. The molecule has 110 valence electrons. The number of pyridine rings is 1. The highest BCUT2D eigenvalue weighted by Gasteiger charge is 2.10. The van der Waals surface area contributed by atoms with E-state index < -0.39 is 0 Å². The lowest BCUT2D eigenvalue weighted by Gasteiger charge is -2.12. The molecule has 0 atom stereocenters. The molecule has 7 heteroatoms. The highest BCUT2D eigenvalue weighted by Crippen LogP contribution is 2.30. The highest BCUT2D eigenvalue weighted by molar-refractivity contribution is 6.33. The Balaban J connectivity index is 1.88. The van der Waals surface area contributed by atoms with Crippen LogP contribution in [0.25, 0.3) is 0 Å². The standard InChI is InChI=1S/C15H13ClN6/c16-10-5-1-2-6-11(10)21-14-13(17)15(20-9-19-14)22-12-7-3-4-8-18-12/h1-9H,17H2,(H2,18,19,20,21,22). The van der Waals surface area contributed by atoms with E-state index in [9.17, 15) is 0 Å². The van der Waals surface area contributed by atoms with E-state index in [0.717, 1.165) is 5.69 Å². The fourth-order valence-corrected chi connectivity index (χ4v) is 2.03. The fourth-order valence-electron chi connectivity index (χ4n) is 1.84. The quantitative estimate of drug-likeness (QED) is 0.682. The smallest absolute Gasteiger partial charge is 0.160 e. The maximum absolute atomic E-state index is 6.12. The van der Waals surface area contributed by atoms with Crippen LogP contribution in [0.4, 0.5) is 28.8 Å². The summed E-state index contributed by atoms with van der Waals surface area (Å²) in [5.74, 6) is 1.60. The molecule has 0 unspecified atom stereocenters. The molecule has 0 amide bonds. The summed E-state index contributed by atoms with van der Waals surface area (Å²) in [4.78, 5) is 12.5. The van der Waals surface area contributed by atoms with Gasteiger partial charge in [-0.1, -0.05) is 29.8 Å². The largest absolute Gasteiger partial charge is 0.393 e. The van der Waals surface area contributed by atoms with Crippen LogP contribution in [-0.2, 0) is 0 Å². The normalized spacial score (nSPS) is 10.2. The van der Waals surface area contributed by atoms with Crippen LogP contribution < -0.4 is 16.4 Å². The van der Waals surface area contributed by atoms with E-state index in [1.54, 1.807) is 12.3 Å². The number of nitrogens with one attached hydrogen (secondary N) is 2. The van der Waals surface area contributed by atoms with E-state index in [4.69, 9.17) is 17.3 Å². The van der Waals surface area contributed by atoms with E-state index >= 15 is 0 Å². The zero-order valence-corrected chi connectivity index (χ0v) is 12.2. The van der Waals surface area contributed by atoms with Crippen molar-refractivity contribution in [1.82, 2.24) is 15.0 Å². The van der Waals surface area contributed by atoms with Crippen molar-refractivity contribution in [3.05, 3.63) is 60.0 Å². The topological polar surface area (TPSA) is 88.8 Å². The molecule has 0 aliphatic heterocycles. The van der Waals surface area contributed by atoms with Crippen molar-refractivity contribution in [3.63, 3.8) is 0 Å². The monoisotopic (exact) mass is 312 g/mol. The van der Waals surface area contributed by atoms with E-state index in [1.165, 1.54) is 6.33 Å². The Hall–Kier alpha value is -2.86. The molecule has 2 aromatic heterocycles. The van der Waals surface area contributed by atoms with Gasteiger partial charge in [-0.2, -0.15) is 0 Å². The summed E-state index contributed by atoms with van der Waals surface area (Å²) >= 11 is 6.12. The number of rotatable bonds is 4. The first-order chi connectivity index (χ1) is 10.7. The predicted molar refractivity (Wildman–Crippen MR) is 88.7 cm³/mol. The molecule has 3 aromatic rings. The van der Waals surface area contributed by atoms with Crippen molar-refractivity contribution in [3.8, 4) is 0 Å². The Morgan fingerprint density at radius 2 is 1.59 bits per heavy atom. The lowest BCUT2D eigenvalue weighted by molar-refractivity contribution is 1.16. The third kappa shape index (κ3) is 3.07. The number of para-hydroxylation sites is 1. The first kappa shape index (κ1) is 14.1. The van der Waals surface area contributed by atoms with Crippen LogP contribution in [0.3, 0.4) is 0 Å². The Bertz CT molecular complexity index is 778. The molecule has 6 nitrogen and oxygen atoms in total. The van der Waals surface area contributed by atoms with Crippen molar-refractivity contribution in [2.45, 2.75) is 0 Å². The van der Waals surface area contributed by atoms with Gasteiger partial charge in [-0.15, -0.1) is 0 Å². The summed E-state index contributed by atoms with van der Waals surface area (Å²) in [6.45, 7) is 0. The summed E-state index contributed by atoms with van der Waals surface area (Å²) in [7, 11) is 0. The van der Waals surface area contributed by atoms with Gasteiger partial charge >= 0.3 is 0 Å². The number of nitrogen functional groups attached to an aromatic ring is 1. The minimum Gasteiger partial charge on any atom is -0.393 e. The zero-order chi connectivity index (χ0) is 15.4. The fraction of sp³-hybridized carbons (Fsp3) is 0. The zero-order valence-electron chi connectivity index (χ0n) is 11.5. The van der Waals surface area contributed by atoms with Crippen molar-refractivity contribution in [2.75, 3.05) is 16.4 Å². The van der Waals surface area contributed by atoms with Crippen molar-refractivity contribution in [2.24, 2.45) is 0 Å². The van der Waals surface area contributed by atoms with Gasteiger partial charge in [0, 0.05) is 6.20 Å². The molecule has 0 aliphatic carbocycles. The second-order valence-corrected chi connectivity index (χ2v) is 4.84. The number of anilines is 5. The van der Waals surface area contributed by atoms with Gasteiger partial charge in [0.05, 0.1) is 10.7 Å². The second kappa shape index (κ2) is 6.28. The van der Waals surface area contributed by atoms with Crippen LogP contribution in [-0.4, -0.2) is 15.0 Å². The minimum absolute atomic E-state index is 0.382. The molecule has 0 fully saturated rings. The molecule has 1 aromatic carbocycles. The Morgan fingerprint density at radius 3 is 2.32 bits per heavy atom. The Morgan fingerprint density at radius 1 is 0.864 bits per heavy atom. The number of hydrogen-bond acceptors (Lipinski definition) is 6. The van der Waals surface area contributed by atoms with Gasteiger partial charge in [-0.25, -0.2) is 15.0 Å². The van der Waals surface area contributed by atoms with Gasteiger partial charge in [0.1, 0.15) is 17.8 Å². The highest BCUT2D eigenvalue weighted by atomic mass is 35.5. The molecule has 0 aliphatic rings. The molecule has 0 saturated carbocycles. The van der Waals surface area contributed by atoms with Gasteiger partial charge in [-0.3, -0.25) is 0 Å². The second-order valence-electron chi connectivity index (χ2n) is 4.43. The van der Waals surface area contributed by atoms with E-state index in [1.807, 2.05) is 36.4 Å². The summed E-state index contributed by atoms with van der Waals surface area (Å²) in [5.41, 5.74) is 7.21. The first-order valence-electron chi connectivity index (χ1n) is 6.54. The number of hydrogen-bond donors (Lipinski definition) is 3. The summed E-state index contributed by atoms with van der Waals surface area (Å²) in [6, 6.07) is 12.9. The molecule has 0 radical (unpaired) electrons. The third-order valence-corrected chi connectivity index (χ3v) is 3.25. The molecule has 0 saturated heterocycles. The van der Waals surface area contributed by atoms with Crippen molar-refractivity contribution < 1.29 is 0 Å². The molecular formula is C15H13ClN6. The number of aromatic nitrogens is 3. The molecule has 2 heterocycles. The minimum atomic E-state index is 0.382. The van der Waals surface area contributed by atoms with Crippen LogP contribution in [0.2, 0.25) is 5.02 Å². The molecule has 4 N–H and O–H groups in total. The maximum Gasteiger partial charge on any atom is 0.160 e. The van der Waals surface area contributed by atoms with Crippen LogP contribution >= 0.6 is 11.6 Å². The first-order valence-corrected chi connectivity index (χ1v) is 6.92. The molecule has 3 rings (SSSR count). The van der Waals surface area contributed by atoms with E-state index in [-0.39, 0.29) is 0 Å². The Kier molecular flexibility index (Phi) is 4.02. The number of halogens is 1. The average molecular weight is 313 g/mol. The van der Waals surface area contributed by atoms with Gasteiger partial charge < -0.3 is 16.4 Å². The van der Waals surface area contributed by atoms with Crippen LogP contribution in [0.5, 0.6) is 0 Å². The van der Waals surface area contributed by atoms with Gasteiger partial charge in [0.2, 0.25) is 0 Å². The number of nitrogens with two attached hydrogens (primary N) is 1. The number of benzene rings is 1. The van der Waals surface area contributed by atoms with Crippen LogP contribution in [0.1, 0.15) is 0 Å². The van der Waals surface area contributed by atoms with Gasteiger partial charge in [-0.05, 0) is 24.3 Å². The number of nitrogens with zero attached hydrogens (tertiary/aromatic N) is 3. The van der Waals surface area contributed by atoms with Gasteiger partial charge in [0.15, 0.2) is 11.6 Å². The molecule has 22 heavy (non-hydrogen) atoms. The van der Waals surface area contributed by atoms with Crippen molar-refractivity contribution in [1.29, 1.82) is 0 Å². The SMILES string of the molecule is Nc1c(Nc2ccccn2)ncnc1Nc1ccccc1Cl. The summed E-state index contributed by atoms with van der Waals surface area (Å²) in [6.07, 6.45) is 3.10. The van der Waals surface area contributed by atoms with E-state index in [2.05, 4.69) is 25.6 Å². The van der Waals surface area contributed by atoms with Crippen LogP contribution in [0, 0.1) is 0 Å². The summed E-state index contributed by atoms with van der Waals surface area (Å²) in [5, 5.41) is 6.73. The third-order valence-electron chi connectivity index (χ3n) is 2.92. The van der Waals surface area contributed by atoms with Crippen LogP contribution in [0.15, 0.2) is 55.0 Å². The lowest BCUT2D eigenvalue weighted by Crippen LogP contribution is -2.05. The summed E-state index contributed by atoms with van der Waals surface area (Å²) < 4.78 is 0. The van der Waals surface area contributed by atoms with E-state index in [0.29, 0.717) is 28.2 Å². The maximum atomic E-state index is 6.12. The predicted octanol–water partition coefficient (Wildman–Crippen LogP) is 3.59. The lowest BCUT2D eigenvalue weighted by atomic mass is 10.3. The molecule has 0 bridgehead atoms. The Labute approximate surface area is 132 Å².